The van der Waals surface area contributed by atoms with Gasteiger partial charge < -0.3 is 10.5 Å². The molecular weight excluding hydrogens is 212 g/mol. The summed E-state index contributed by atoms with van der Waals surface area (Å²) in [5.74, 6) is -0.538. The van der Waals surface area contributed by atoms with E-state index in [0.29, 0.717) is 0 Å². The monoisotopic (exact) mass is 221 g/mol. The van der Waals surface area contributed by atoms with Crippen LogP contribution < -0.4 is 10.5 Å². The number of nitrogens with two attached hydrogens (primary N) is 1. The Bertz CT molecular complexity index is 514. The van der Waals surface area contributed by atoms with E-state index in [1.807, 2.05) is 0 Å². The molecule has 0 heterocycles. The fourth-order valence-corrected chi connectivity index (χ4v) is 1.26. The average Bonchev–Trinajstić information content (AvgIpc) is 2.25. The molecule has 2 aromatic carbocycles. The van der Waals surface area contributed by atoms with E-state index >= 15 is 0 Å². The molecular formula is C12H9F2NO. The van der Waals surface area contributed by atoms with E-state index in [9.17, 15) is 8.78 Å². The van der Waals surface area contributed by atoms with Crippen LogP contribution in [0.5, 0.6) is 11.5 Å². The SMILES string of the molecule is Nc1c(F)cccc1Oc1cccc(F)c1. The molecule has 2 aromatic rings. The number of rotatable bonds is 2. The molecule has 0 fully saturated rings. The predicted molar refractivity (Wildman–Crippen MR) is 57.3 cm³/mol. The summed E-state index contributed by atoms with van der Waals surface area (Å²) in [5, 5.41) is 0. The summed E-state index contributed by atoms with van der Waals surface area (Å²) in [4.78, 5) is 0. The lowest BCUT2D eigenvalue weighted by molar-refractivity contribution is 0.474. The van der Waals surface area contributed by atoms with Gasteiger partial charge in [0.1, 0.15) is 23.1 Å². The van der Waals surface area contributed by atoms with E-state index in [1.54, 1.807) is 6.07 Å². The number of para-hydroxylation sites is 1. The molecule has 0 saturated carbocycles. The maximum atomic E-state index is 13.1. The van der Waals surface area contributed by atoms with Gasteiger partial charge in [0.25, 0.3) is 0 Å². The third-order valence-electron chi connectivity index (χ3n) is 2.04. The van der Waals surface area contributed by atoms with E-state index in [-0.39, 0.29) is 17.2 Å². The first-order valence-corrected chi connectivity index (χ1v) is 4.64. The van der Waals surface area contributed by atoms with E-state index in [4.69, 9.17) is 10.5 Å². The smallest absolute Gasteiger partial charge is 0.153 e. The zero-order valence-electron chi connectivity index (χ0n) is 8.28. The van der Waals surface area contributed by atoms with Crippen LogP contribution in [0.2, 0.25) is 0 Å². The van der Waals surface area contributed by atoms with Crippen molar-refractivity contribution in [2.75, 3.05) is 5.73 Å². The van der Waals surface area contributed by atoms with Crippen LogP contribution in [0, 0.1) is 11.6 Å². The molecule has 0 radical (unpaired) electrons. The molecule has 4 heteroatoms. The average molecular weight is 221 g/mol. The van der Waals surface area contributed by atoms with Crippen LogP contribution in [-0.4, -0.2) is 0 Å². The normalized spacial score (nSPS) is 10.1. The molecule has 16 heavy (non-hydrogen) atoms. The van der Waals surface area contributed by atoms with Gasteiger partial charge in [0.05, 0.1) is 0 Å². The van der Waals surface area contributed by atoms with Gasteiger partial charge in [-0.1, -0.05) is 12.1 Å². The fourth-order valence-electron chi connectivity index (χ4n) is 1.26. The first kappa shape index (κ1) is 10.4. The topological polar surface area (TPSA) is 35.2 Å². The number of anilines is 1. The molecule has 0 aliphatic carbocycles. The molecule has 0 aliphatic heterocycles. The lowest BCUT2D eigenvalue weighted by Crippen LogP contribution is -1.95. The fraction of sp³-hybridized carbons (Fsp3) is 0. The van der Waals surface area contributed by atoms with Crippen molar-refractivity contribution in [1.29, 1.82) is 0 Å². The highest BCUT2D eigenvalue weighted by atomic mass is 19.1. The highest BCUT2D eigenvalue weighted by Gasteiger charge is 2.06. The highest BCUT2D eigenvalue weighted by molar-refractivity contribution is 5.54. The minimum absolute atomic E-state index is 0.0910. The Morgan fingerprint density at radius 2 is 1.75 bits per heavy atom. The summed E-state index contributed by atoms with van der Waals surface area (Å²) in [7, 11) is 0. The van der Waals surface area contributed by atoms with Crippen LogP contribution in [0.1, 0.15) is 0 Å². The van der Waals surface area contributed by atoms with Crippen molar-refractivity contribution >= 4 is 5.69 Å². The lowest BCUT2D eigenvalue weighted by Gasteiger charge is -2.08. The molecule has 0 atom stereocenters. The Morgan fingerprint density at radius 1 is 1.00 bits per heavy atom. The Morgan fingerprint density at radius 3 is 2.50 bits per heavy atom. The number of benzene rings is 2. The maximum Gasteiger partial charge on any atom is 0.153 e. The van der Waals surface area contributed by atoms with Crippen LogP contribution >= 0.6 is 0 Å². The molecule has 0 aromatic heterocycles. The number of nitrogen functional groups attached to an aromatic ring is 1. The van der Waals surface area contributed by atoms with Gasteiger partial charge in [0, 0.05) is 6.07 Å². The van der Waals surface area contributed by atoms with Crippen molar-refractivity contribution in [3.8, 4) is 11.5 Å². The van der Waals surface area contributed by atoms with Gasteiger partial charge in [-0.3, -0.25) is 0 Å². The van der Waals surface area contributed by atoms with Gasteiger partial charge in [0.2, 0.25) is 0 Å². The molecule has 2 nitrogen and oxygen atoms in total. The molecule has 0 amide bonds. The number of halogens is 2. The van der Waals surface area contributed by atoms with Crippen molar-refractivity contribution in [3.63, 3.8) is 0 Å². The Kier molecular flexibility index (Phi) is 2.72. The quantitative estimate of drug-likeness (QED) is 0.789. The molecule has 82 valence electrons. The van der Waals surface area contributed by atoms with E-state index in [0.717, 1.165) is 0 Å². The van der Waals surface area contributed by atoms with Crippen molar-refractivity contribution in [1.82, 2.24) is 0 Å². The summed E-state index contributed by atoms with van der Waals surface area (Å²) >= 11 is 0. The second-order valence-electron chi connectivity index (χ2n) is 3.21. The summed E-state index contributed by atoms with van der Waals surface area (Å²) in [6.07, 6.45) is 0. The third kappa shape index (κ3) is 2.11. The van der Waals surface area contributed by atoms with Gasteiger partial charge in [-0.05, 0) is 24.3 Å². The Balaban J connectivity index is 2.31. The molecule has 0 aliphatic rings. The molecule has 2 N–H and O–H groups in total. The Labute approximate surface area is 91.3 Å². The van der Waals surface area contributed by atoms with E-state index < -0.39 is 11.6 Å². The first-order chi connectivity index (χ1) is 7.66. The van der Waals surface area contributed by atoms with Gasteiger partial charge in [-0.15, -0.1) is 0 Å². The summed E-state index contributed by atoms with van der Waals surface area (Å²) in [6.45, 7) is 0. The summed E-state index contributed by atoms with van der Waals surface area (Å²) < 4.78 is 31.2. The van der Waals surface area contributed by atoms with Crippen LogP contribution in [0.4, 0.5) is 14.5 Å². The van der Waals surface area contributed by atoms with Crippen LogP contribution in [0.3, 0.4) is 0 Å². The van der Waals surface area contributed by atoms with Crippen molar-refractivity contribution in [2.24, 2.45) is 0 Å². The highest BCUT2D eigenvalue weighted by Crippen LogP contribution is 2.29. The van der Waals surface area contributed by atoms with Crippen molar-refractivity contribution in [3.05, 3.63) is 54.1 Å². The first-order valence-electron chi connectivity index (χ1n) is 4.64. The molecule has 0 saturated heterocycles. The second-order valence-corrected chi connectivity index (χ2v) is 3.21. The molecule has 0 bridgehead atoms. The molecule has 0 unspecified atom stereocenters. The summed E-state index contributed by atoms with van der Waals surface area (Å²) in [5.41, 5.74) is 5.38. The zero-order valence-corrected chi connectivity index (χ0v) is 8.28. The predicted octanol–water partition coefficient (Wildman–Crippen LogP) is 3.34. The number of ether oxygens (including phenoxy) is 1. The minimum Gasteiger partial charge on any atom is -0.455 e. The van der Waals surface area contributed by atoms with E-state index in [1.165, 1.54) is 36.4 Å². The van der Waals surface area contributed by atoms with Crippen molar-refractivity contribution < 1.29 is 13.5 Å². The minimum atomic E-state index is -0.561. The van der Waals surface area contributed by atoms with Crippen LogP contribution in [0.25, 0.3) is 0 Å². The Hall–Kier alpha value is -2.10. The standard InChI is InChI=1S/C12H9F2NO/c13-8-3-1-4-9(7-8)16-11-6-2-5-10(14)12(11)15/h1-7H,15H2. The molecule has 2 rings (SSSR count). The number of hydrogen-bond acceptors (Lipinski definition) is 2. The van der Waals surface area contributed by atoms with Crippen molar-refractivity contribution in [2.45, 2.75) is 0 Å². The second kappa shape index (κ2) is 4.18. The largest absolute Gasteiger partial charge is 0.455 e. The van der Waals surface area contributed by atoms with E-state index in [2.05, 4.69) is 0 Å². The van der Waals surface area contributed by atoms with Gasteiger partial charge >= 0.3 is 0 Å². The maximum absolute atomic E-state index is 13.1. The molecule has 0 spiro atoms. The van der Waals surface area contributed by atoms with Gasteiger partial charge in [-0.25, -0.2) is 8.78 Å². The van der Waals surface area contributed by atoms with Crippen LogP contribution in [-0.2, 0) is 0 Å². The van der Waals surface area contributed by atoms with Crippen LogP contribution in [0.15, 0.2) is 42.5 Å². The third-order valence-corrected chi connectivity index (χ3v) is 2.04. The lowest BCUT2D eigenvalue weighted by atomic mass is 10.3. The number of hydrogen-bond donors (Lipinski definition) is 1. The van der Waals surface area contributed by atoms with Gasteiger partial charge in [-0.2, -0.15) is 0 Å². The zero-order chi connectivity index (χ0) is 11.5. The summed E-state index contributed by atoms with van der Waals surface area (Å²) in [6, 6.07) is 9.77. The van der Waals surface area contributed by atoms with Gasteiger partial charge in [0.15, 0.2) is 5.75 Å².